The molecule has 0 aliphatic carbocycles. The maximum absolute atomic E-state index is 11.7. The molecule has 0 saturated heterocycles. The molecule has 1 aromatic carbocycles. The first-order valence-corrected chi connectivity index (χ1v) is 6.58. The van der Waals surface area contributed by atoms with E-state index in [-0.39, 0.29) is 17.2 Å². The van der Waals surface area contributed by atoms with Crippen LogP contribution < -0.4 is 11.3 Å². The van der Waals surface area contributed by atoms with E-state index in [1.807, 2.05) is 18.2 Å². The fraction of sp³-hybridized carbons (Fsp3) is 0.267. The molecule has 5 nitrogen and oxygen atoms in total. The molecule has 0 unspecified atom stereocenters. The third-order valence-corrected chi connectivity index (χ3v) is 3.16. The molecule has 0 atom stereocenters. The van der Waals surface area contributed by atoms with Crippen LogP contribution in [0, 0.1) is 0 Å². The van der Waals surface area contributed by atoms with E-state index in [1.54, 1.807) is 0 Å². The predicted molar refractivity (Wildman–Crippen MR) is 77.7 cm³/mol. The lowest BCUT2D eigenvalue weighted by atomic mass is 10.0. The Hall–Kier alpha value is -2.43. The van der Waals surface area contributed by atoms with Gasteiger partial charge in [-0.2, -0.15) is 0 Å². The van der Waals surface area contributed by atoms with Gasteiger partial charge in [0.2, 0.25) is 5.95 Å². The number of aldehydes is 1. The van der Waals surface area contributed by atoms with Crippen molar-refractivity contribution in [3.63, 3.8) is 0 Å². The van der Waals surface area contributed by atoms with Crippen molar-refractivity contribution in [1.29, 1.82) is 0 Å². The van der Waals surface area contributed by atoms with E-state index in [2.05, 4.69) is 22.1 Å². The van der Waals surface area contributed by atoms with Crippen molar-refractivity contribution in [3.05, 3.63) is 57.5 Å². The van der Waals surface area contributed by atoms with Gasteiger partial charge in [-0.1, -0.05) is 30.3 Å². The molecule has 0 spiro atoms. The summed E-state index contributed by atoms with van der Waals surface area (Å²) >= 11 is 0. The molecular formula is C15H17N3O2. The number of nitrogens with two attached hydrogens (primary N) is 1. The Bertz CT molecular complexity index is 635. The highest BCUT2D eigenvalue weighted by Crippen LogP contribution is 2.08. The molecule has 2 rings (SSSR count). The van der Waals surface area contributed by atoms with E-state index >= 15 is 0 Å². The van der Waals surface area contributed by atoms with Gasteiger partial charge in [0.05, 0.1) is 0 Å². The Kier molecular flexibility index (Phi) is 4.65. The summed E-state index contributed by atoms with van der Waals surface area (Å²) in [5.74, 6) is -0.0230. The molecule has 0 aliphatic rings. The zero-order chi connectivity index (χ0) is 14.4. The molecule has 0 amide bonds. The van der Waals surface area contributed by atoms with Crippen LogP contribution in [0.5, 0.6) is 0 Å². The third kappa shape index (κ3) is 3.54. The van der Waals surface area contributed by atoms with E-state index < -0.39 is 0 Å². The smallest absolute Gasteiger partial charge is 0.256 e. The van der Waals surface area contributed by atoms with E-state index in [4.69, 9.17) is 5.73 Å². The number of anilines is 1. The van der Waals surface area contributed by atoms with E-state index in [1.165, 1.54) is 5.56 Å². The minimum Gasteiger partial charge on any atom is -0.369 e. The van der Waals surface area contributed by atoms with E-state index in [0.29, 0.717) is 18.3 Å². The number of benzene rings is 1. The zero-order valence-corrected chi connectivity index (χ0v) is 11.1. The topological polar surface area (TPSA) is 88.8 Å². The van der Waals surface area contributed by atoms with Crippen molar-refractivity contribution in [2.45, 2.75) is 25.7 Å². The molecule has 2 aromatic rings. The first-order chi connectivity index (χ1) is 9.70. The largest absolute Gasteiger partial charge is 0.369 e. The van der Waals surface area contributed by atoms with Crippen LogP contribution in [0.25, 0.3) is 0 Å². The Balaban J connectivity index is 1.95. The molecule has 104 valence electrons. The average molecular weight is 271 g/mol. The molecule has 20 heavy (non-hydrogen) atoms. The first kappa shape index (κ1) is 14.0. The van der Waals surface area contributed by atoms with Gasteiger partial charge < -0.3 is 5.73 Å². The SMILES string of the molecule is Nc1nc(C=O)c(CCCCc2ccccc2)c(=O)[nH]1. The van der Waals surface area contributed by atoms with Gasteiger partial charge in [-0.05, 0) is 31.2 Å². The van der Waals surface area contributed by atoms with Crippen LogP contribution in [0.3, 0.4) is 0 Å². The number of hydrogen-bond donors (Lipinski definition) is 2. The monoisotopic (exact) mass is 271 g/mol. The number of unbranched alkanes of at least 4 members (excludes halogenated alkanes) is 1. The average Bonchev–Trinajstić information content (AvgIpc) is 2.45. The normalized spacial score (nSPS) is 10.4. The van der Waals surface area contributed by atoms with Crippen molar-refractivity contribution >= 4 is 12.2 Å². The fourth-order valence-corrected chi connectivity index (χ4v) is 2.15. The molecule has 3 N–H and O–H groups in total. The second kappa shape index (κ2) is 6.65. The summed E-state index contributed by atoms with van der Waals surface area (Å²) in [4.78, 5) is 28.9. The van der Waals surface area contributed by atoms with E-state index in [0.717, 1.165) is 19.3 Å². The van der Waals surface area contributed by atoms with Crippen LogP contribution in [0.4, 0.5) is 5.95 Å². The van der Waals surface area contributed by atoms with Gasteiger partial charge in [0.15, 0.2) is 6.29 Å². The van der Waals surface area contributed by atoms with Gasteiger partial charge in [-0.15, -0.1) is 0 Å². The van der Waals surface area contributed by atoms with E-state index in [9.17, 15) is 9.59 Å². The highest BCUT2D eigenvalue weighted by atomic mass is 16.1. The molecule has 5 heteroatoms. The number of carbonyl (C=O) groups excluding carboxylic acids is 1. The Labute approximate surface area is 116 Å². The lowest BCUT2D eigenvalue weighted by Gasteiger charge is -2.04. The lowest BCUT2D eigenvalue weighted by Crippen LogP contribution is -2.19. The van der Waals surface area contributed by atoms with Crippen molar-refractivity contribution in [3.8, 4) is 0 Å². The summed E-state index contributed by atoms with van der Waals surface area (Å²) in [7, 11) is 0. The summed E-state index contributed by atoms with van der Waals surface area (Å²) in [6.07, 6.45) is 3.84. The maximum atomic E-state index is 11.7. The number of nitrogens with one attached hydrogen (secondary N) is 1. The maximum Gasteiger partial charge on any atom is 0.256 e. The quantitative estimate of drug-likeness (QED) is 0.618. The summed E-state index contributed by atoms with van der Waals surface area (Å²) in [6, 6.07) is 10.2. The van der Waals surface area contributed by atoms with Crippen LogP contribution in [-0.2, 0) is 12.8 Å². The number of nitrogen functional groups attached to an aromatic ring is 1. The summed E-state index contributed by atoms with van der Waals surface area (Å²) in [5, 5.41) is 0. The molecule has 0 bridgehead atoms. The van der Waals surface area contributed by atoms with Crippen molar-refractivity contribution in [2.24, 2.45) is 0 Å². The Morgan fingerprint density at radius 2 is 1.85 bits per heavy atom. The second-order valence-corrected chi connectivity index (χ2v) is 4.63. The molecule has 1 aromatic heterocycles. The van der Waals surface area contributed by atoms with Gasteiger partial charge in [0.25, 0.3) is 5.56 Å². The van der Waals surface area contributed by atoms with Crippen LogP contribution in [0.1, 0.15) is 34.5 Å². The van der Waals surface area contributed by atoms with Crippen LogP contribution in [-0.4, -0.2) is 16.3 Å². The Morgan fingerprint density at radius 1 is 1.15 bits per heavy atom. The van der Waals surface area contributed by atoms with Gasteiger partial charge >= 0.3 is 0 Å². The molecule has 0 saturated carbocycles. The minimum absolute atomic E-state index is 0.0230. The lowest BCUT2D eigenvalue weighted by molar-refractivity contribution is 0.111. The van der Waals surface area contributed by atoms with Crippen molar-refractivity contribution in [2.75, 3.05) is 5.73 Å². The number of hydrogen-bond acceptors (Lipinski definition) is 4. The highest BCUT2D eigenvalue weighted by Gasteiger charge is 2.09. The third-order valence-electron chi connectivity index (χ3n) is 3.16. The highest BCUT2D eigenvalue weighted by molar-refractivity contribution is 5.74. The van der Waals surface area contributed by atoms with Gasteiger partial charge in [-0.3, -0.25) is 14.6 Å². The molecule has 0 aliphatic heterocycles. The Morgan fingerprint density at radius 3 is 2.55 bits per heavy atom. The number of aromatic amines is 1. The second-order valence-electron chi connectivity index (χ2n) is 4.63. The molecule has 1 heterocycles. The molecule has 0 fully saturated rings. The number of carbonyl (C=O) groups is 1. The summed E-state index contributed by atoms with van der Waals surface area (Å²) in [6.45, 7) is 0. The fourth-order valence-electron chi connectivity index (χ4n) is 2.15. The summed E-state index contributed by atoms with van der Waals surface area (Å²) < 4.78 is 0. The predicted octanol–water partition coefficient (Wildman–Crippen LogP) is 1.73. The number of rotatable bonds is 6. The van der Waals surface area contributed by atoms with Gasteiger partial charge in [0, 0.05) is 5.56 Å². The zero-order valence-electron chi connectivity index (χ0n) is 11.1. The summed E-state index contributed by atoms with van der Waals surface area (Å²) in [5.41, 5.74) is 6.92. The van der Waals surface area contributed by atoms with Gasteiger partial charge in [-0.25, -0.2) is 4.98 Å². The first-order valence-electron chi connectivity index (χ1n) is 6.58. The number of aryl methyl sites for hydroxylation is 1. The minimum atomic E-state index is -0.320. The van der Waals surface area contributed by atoms with Crippen LogP contribution >= 0.6 is 0 Å². The van der Waals surface area contributed by atoms with Gasteiger partial charge in [0.1, 0.15) is 5.69 Å². The number of aromatic nitrogens is 2. The molecular weight excluding hydrogens is 254 g/mol. The number of nitrogens with zero attached hydrogens (tertiary/aromatic N) is 1. The van der Waals surface area contributed by atoms with Crippen LogP contribution in [0.2, 0.25) is 0 Å². The van der Waals surface area contributed by atoms with Crippen molar-refractivity contribution < 1.29 is 4.79 Å². The number of H-pyrrole nitrogens is 1. The standard InChI is InChI=1S/C15H17N3O2/c16-15-17-13(10-19)12(14(20)18-15)9-5-4-8-11-6-2-1-3-7-11/h1-3,6-7,10H,4-5,8-9H2,(H3,16,17,18,20). The molecule has 0 radical (unpaired) electrons. The van der Waals surface area contributed by atoms with Crippen LogP contribution in [0.15, 0.2) is 35.1 Å². The van der Waals surface area contributed by atoms with Crippen molar-refractivity contribution in [1.82, 2.24) is 9.97 Å².